The van der Waals surface area contributed by atoms with E-state index in [9.17, 15) is 0 Å². The van der Waals surface area contributed by atoms with Crippen molar-refractivity contribution in [3.05, 3.63) is 42.1 Å². The van der Waals surface area contributed by atoms with Gasteiger partial charge >= 0.3 is 0 Å². The fourth-order valence-electron chi connectivity index (χ4n) is 1.98. The van der Waals surface area contributed by atoms with Gasteiger partial charge in [0.1, 0.15) is 5.82 Å². The molecule has 0 atom stereocenters. The minimum Gasteiger partial charge on any atom is -0.354 e. The maximum absolute atomic E-state index is 4.47. The van der Waals surface area contributed by atoms with Gasteiger partial charge in [-0.25, -0.2) is 4.98 Å². The van der Waals surface area contributed by atoms with Crippen molar-refractivity contribution in [2.75, 3.05) is 37.8 Å². The fraction of sp³-hybridized carbons (Fsp3) is 0.375. The number of rotatable bonds is 7. The van der Waals surface area contributed by atoms with Crippen molar-refractivity contribution < 1.29 is 0 Å². The Morgan fingerprint density at radius 3 is 2.81 bits per heavy atom. The van der Waals surface area contributed by atoms with E-state index in [1.165, 1.54) is 5.56 Å². The van der Waals surface area contributed by atoms with E-state index in [2.05, 4.69) is 58.7 Å². The van der Waals surface area contributed by atoms with Crippen LogP contribution in [0.3, 0.4) is 0 Å². The SMILES string of the molecule is Cc1cccc(Nc2ccnc(NCCCN(C)C)n2)c1. The molecular weight excluding hydrogens is 262 g/mol. The largest absolute Gasteiger partial charge is 0.354 e. The molecule has 2 N–H and O–H groups in total. The Kier molecular flexibility index (Phi) is 5.51. The van der Waals surface area contributed by atoms with Gasteiger partial charge in [-0.3, -0.25) is 0 Å². The van der Waals surface area contributed by atoms with Crippen molar-refractivity contribution >= 4 is 17.5 Å². The highest BCUT2D eigenvalue weighted by molar-refractivity contribution is 5.57. The lowest BCUT2D eigenvalue weighted by molar-refractivity contribution is 0.405. The molecule has 0 aliphatic carbocycles. The van der Waals surface area contributed by atoms with Gasteiger partial charge in [0.05, 0.1) is 0 Å². The first-order chi connectivity index (χ1) is 10.1. The lowest BCUT2D eigenvalue weighted by Crippen LogP contribution is -2.17. The number of hydrogen-bond acceptors (Lipinski definition) is 5. The Bertz CT molecular complexity index is 568. The minimum atomic E-state index is 0.659. The molecule has 5 nitrogen and oxygen atoms in total. The number of hydrogen-bond donors (Lipinski definition) is 2. The van der Waals surface area contributed by atoms with Crippen molar-refractivity contribution in [3.63, 3.8) is 0 Å². The minimum absolute atomic E-state index is 0.659. The molecular formula is C16H23N5. The highest BCUT2D eigenvalue weighted by Gasteiger charge is 2.00. The molecule has 0 spiro atoms. The Hall–Kier alpha value is -2.14. The highest BCUT2D eigenvalue weighted by atomic mass is 15.1. The molecule has 0 radical (unpaired) electrons. The Morgan fingerprint density at radius 1 is 1.19 bits per heavy atom. The molecule has 112 valence electrons. The van der Waals surface area contributed by atoms with Gasteiger partial charge in [0.15, 0.2) is 0 Å². The lowest BCUT2D eigenvalue weighted by atomic mass is 10.2. The molecule has 2 rings (SSSR count). The maximum Gasteiger partial charge on any atom is 0.224 e. The van der Waals surface area contributed by atoms with Crippen molar-refractivity contribution in [2.24, 2.45) is 0 Å². The predicted molar refractivity (Wildman–Crippen MR) is 88.2 cm³/mol. The molecule has 0 aliphatic rings. The molecule has 2 aromatic rings. The first-order valence-corrected chi connectivity index (χ1v) is 7.19. The zero-order chi connectivity index (χ0) is 15.1. The number of anilines is 3. The molecule has 0 unspecified atom stereocenters. The maximum atomic E-state index is 4.47. The number of nitrogens with one attached hydrogen (secondary N) is 2. The van der Waals surface area contributed by atoms with Gasteiger partial charge in [-0.1, -0.05) is 12.1 Å². The highest BCUT2D eigenvalue weighted by Crippen LogP contribution is 2.16. The van der Waals surface area contributed by atoms with E-state index in [4.69, 9.17) is 0 Å². The molecule has 0 bridgehead atoms. The summed E-state index contributed by atoms with van der Waals surface area (Å²) in [6, 6.07) is 10.1. The van der Waals surface area contributed by atoms with Crippen molar-refractivity contribution in [1.29, 1.82) is 0 Å². The van der Waals surface area contributed by atoms with Crippen LogP contribution >= 0.6 is 0 Å². The summed E-state index contributed by atoms with van der Waals surface area (Å²) in [4.78, 5) is 10.9. The van der Waals surface area contributed by atoms with Crippen LogP contribution < -0.4 is 10.6 Å². The summed E-state index contributed by atoms with van der Waals surface area (Å²) >= 11 is 0. The van der Waals surface area contributed by atoms with Gasteiger partial charge in [0.25, 0.3) is 0 Å². The number of aryl methyl sites for hydroxylation is 1. The standard InChI is InChI=1S/C16H23N5/c1-13-6-4-7-14(12-13)19-15-8-10-18-16(20-15)17-9-5-11-21(2)3/h4,6-8,10,12H,5,9,11H2,1-3H3,(H2,17,18,19,20). The van der Waals surface area contributed by atoms with E-state index in [1.807, 2.05) is 18.2 Å². The van der Waals surface area contributed by atoms with Gasteiger partial charge in [-0.15, -0.1) is 0 Å². The topological polar surface area (TPSA) is 53.1 Å². The van der Waals surface area contributed by atoms with Crippen LogP contribution in [0.15, 0.2) is 36.5 Å². The average Bonchev–Trinajstić information content (AvgIpc) is 2.44. The van der Waals surface area contributed by atoms with Gasteiger partial charge < -0.3 is 15.5 Å². The normalized spacial score (nSPS) is 10.7. The zero-order valence-corrected chi connectivity index (χ0v) is 12.9. The summed E-state index contributed by atoms with van der Waals surface area (Å²) < 4.78 is 0. The molecule has 1 aromatic heterocycles. The molecule has 0 amide bonds. The van der Waals surface area contributed by atoms with Crippen LogP contribution in [0.1, 0.15) is 12.0 Å². The first-order valence-electron chi connectivity index (χ1n) is 7.19. The number of aromatic nitrogens is 2. The van der Waals surface area contributed by atoms with E-state index < -0.39 is 0 Å². The van der Waals surface area contributed by atoms with Crippen molar-refractivity contribution in [3.8, 4) is 0 Å². The summed E-state index contributed by atoms with van der Waals surface area (Å²) in [5.41, 5.74) is 2.25. The molecule has 0 fully saturated rings. The van der Waals surface area contributed by atoms with E-state index in [0.29, 0.717) is 5.95 Å². The lowest BCUT2D eigenvalue weighted by Gasteiger charge is -2.11. The van der Waals surface area contributed by atoms with Gasteiger partial charge in [-0.2, -0.15) is 4.98 Å². The predicted octanol–water partition coefficient (Wildman–Crippen LogP) is 2.89. The molecule has 0 aliphatic heterocycles. The second-order valence-corrected chi connectivity index (χ2v) is 5.34. The third-order valence-corrected chi connectivity index (χ3v) is 3.01. The summed E-state index contributed by atoms with van der Waals surface area (Å²) in [7, 11) is 4.14. The summed E-state index contributed by atoms with van der Waals surface area (Å²) in [5.74, 6) is 1.46. The van der Waals surface area contributed by atoms with Crippen LogP contribution in [-0.2, 0) is 0 Å². The Labute approximate surface area is 126 Å². The van der Waals surface area contributed by atoms with E-state index in [1.54, 1.807) is 6.20 Å². The third-order valence-electron chi connectivity index (χ3n) is 3.01. The summed E-state index contributed by atoms with van der Waals surface area (Å²) in [5, 5.41) is 6.54. The van der Waals surface area contributed by atoms with Crippen molar-refractivity contribution in [2.45, 2.75) is 13.3 Å². The monoisotopic (exact) mass is 285 g/mol. The van der Waals surface area contributed by atoms with Crippen molar-refractivity contribution in [1.82, 2.24) is 14.9 Å². The Balaban J connectivity index is 1.91. The van der Waals surface area contributed by atoms with E-state index >= 15 is 0 Å². The molecule has 21 heavy (non-hydrogen) atoms. The molecule has 1 heterocycles. The first kappa shape index (κ1) is 15.3. The molecule has 5 heteroatoms. The second kappa shape index (κ2) is 7.59. The number of nitrogens with zero attached hydrogens (tertiary/aromatic N) is 3. The summed E-state index contributed by atoms with van der Waals surface area (Å²) in [6.45, 7) is 3.99. The van der Waals surface area contributed by atoms with Crippen LogP contribution in [0.5, 0.6) is 0 Å². The van der Waals surface area contributed by atoms with Crippen LogP contribution in [0.4, 0.5) is 17.5 Å². The van der Waals surface area contributed by atoms with Crippen LogP contribution in [-0.4, -0.2) is 42.1 Å². The zero-order valence-electron chi connectivity index (χ0n) is 12.9. The van der Waals surface area contributed by atoms with Crippen LogP contribution in [0.25, 0.3) is 0 Å². The summed E-state index contributed by atoms with van der Waals surface area (Å²) in [6.07, 6.45) is 2.82. The van der Waals surface area contributed by atoms with Gasteiger partial charge in [0.2, 0.25) is 5.95 Å². The molecule has 0 saturated carbocycles. The smallest absolute Gasteiger partial charge is 0.224 e. The molecule has 1 aromatic carbocycles. The van der Waals surface area contributed by atoms with Crippen LogP contribution in [0, 0.1) is 6.92 Å². The second-order valence-electron chi connectivity index (χ2n) is 5.34. The van der Waals surface area contributed by atoms with Gasteiger partial charge in [0, 0.05) is 18.4 Å². The quantitative estimate of drug-likeness (QED) is 0.766. The van der Waals surface area contributed by atoms with Crippen LogP contribution in [0.2, 0.25) is 0 Å². The molecule has 0 saturated heterocycles. The Morgan fingerprint density at radius 2 is 2.05 bits per heavy atom. The van der Waals surface area contributed by atoms with Gasteiger partial charge in [-0.05, 0) is 57.7 Å². The fourth-order valence-corrected chi connectivity index (χ4v) is 1.98. The van der Waals surface area contributed by atoms with E-state index in [-0.39, 0.29) is 0 Å². The average molecular weight is 285 g/mol. The van der Waals surface area contributed by atoms with E-state index in [0.717, 1.165) is 31.0 Å². The third kappa shape index (κ3) is 5.39. The number of benzene rings is 1.